The number of hydrogen-bond acceptors (Lipinski definition) is 3. The number of halogens is 5. The molecule has 0 aromatic heterocycles. The molecule has 2 aliphatic heterocycles. The molecular weight excluding hydrogens is 495 g/mol. The Labute approximate surface area is 212 Å². The summed E-state index contributed by atoms with van der Waals surface area (Å²) in [5.74, 6) is -2.74. The van der Waals surface area contributed by atoms with Gasteiger partial charge in [0.25, 0.3) is 0 Å². The van der Waals surface area contributed by atoms with E-state index in [2.05, 4.69) is 11.7 Å². The smallest absolute Gasteiger partial charge is 0.399 e. The lowest BCUT2D eigenvalue weighted by molar-refractivity contribution is -0.276. The van der Waals surface area contributed by atoms with Gasteiger partial charge in [0.15, 0.2) is 17.9 Å². The average Bonchev–Trinajstić information content (AvgIpc) is 2.86. The molecule has 0 N–H and O–H groups in total. The van der Waals surface area contributed by atoms with Crippen LogP contribution in [0.3, 0.4) is 0 Å². The summed E-state index contributed by atoms with van der Waals surface area (Å²) >= 11 is 0. The van der Waals surface area contributed by atoms with E-state index in [1.54, 1.807) is 0 Å². The predicted octanol–water partition coefficient (Wildman–Crippen LogP) is 7.95. The van der Waals surface area contributed by atoms with Gasteiger partial charge in [-0.3, -0.25) is 0 Å². The topological polar surface area (TPSA) is 27.7 Å². The third kappa shape index (κ3) is 7.44. The van der Waals surface area contributed by atoms with Crippen LogP contribution in [-0.2, 0) is 9.47 Å². The summed E-state index contributed by atoms with van der Waals surface area (Å²) in [6.45, 7) is 3.75. The largest absolute Gasteiger partial charge is 0.573 e. The maximum atomic E-state index is 14.1. The van der Waals surface area contributed by atoms with Crippen molar-refractivity contribution in [1.82, 2.24) is 0 Å². The molecular formula is C27H39F5O3Si. The Morgan fingerprint density at radius 3 is 2.03 bits per heavy atom. The highest BCUT2D eigenvalue weighted by Crippen LogP contribution is 2.42. The fourth-order valence-electron chi connectivity index (χ4n) is 6.46. The number of alkyl halides is 3. The molecule has 0 spiro atoms. The zero-order valence-corrected chi connectivity index (χ0v) is 22.3. The van der Waals surface area contributed by atoms with Gasteiger partial charge in [-0.2, -0.15) is 0 Å². The fourth-order valence-corrected chi connectivity index (χ4v) is 9.99. The van der Waals surface area contributed by atoms with E-state index in [-0.39, 0.29) is 18.1 Å². The molecule has 1 aliphatic carbocycles. The van der Waals surface area contributed by atoms with Crippen LogP contribution in [-0.4, -0.2) is 34.7 Å². The van der Waals surface area contributed by atoms with Crippen molar-refractivity contribution in [1.29, 1.82) is 0 Å². The molecule has 1 aromatic rings. The minimum absolute atomic E-state index is 0.113. The summed E-state index contributed by atoms with van der Waals surface area (Å²) in [5.41, 5.74) is 0.373. The highest BCUT2D eigenvalue weighted by Gasteiger charge is 2.37. The molecule has 0 atom stereocenters. The van der Waals surface area contributed by atoms with Crippen LogP contribution in [0.2, 0.25) is 18.1 Å². The molecule has 4 rings (SSSR count). The maximum absolute atomic E-state index is 14.1. The van der Waals surface area contributed by atoms with Crippen molar-refractivity contribution in [2.75, 3.05) is 13.2 Å². The predicted molar refractivity (Wildman–Crippen MR) is 131 cm³/mol. The summed E-state index contributed by atoms with van der Waals surface area (Å²) in [7, 11) is -0.523. The van der Waals surface area contributed by atoms with Gasteiger partial charge in [-0.1, -0.05) is 57.2 Å². The molecule has 204 valence electrons. The standard InChI is InChI=1S/C27H39F5O3Si/c1-2-3-4-11-36-12-9-19(10-13-36)22-16-33-26(34-17-22)20-7-5-18(6-8-20)21-14-23(28)25(24(29)15-21)35-27(30,31)32/h14-15,18-20,22,26,36H,2-13,16-17H2,1H3. The second-order valence-electron chi connectivity index (χ2n) is 11.0. The Morgan fingerprint density at radius 2 is 1.47 bits per heavy atom. The molecule has 0 amide bonds. The van der Waals surface area contributed by atoms with E-state index < -0.39 is 32.5 Å². The van der Waals surface area contributed by atoms with Crippen LogP contribution >= 0.6 is 0 Å². The van der Waals surface area contributed by atoms with Crippen molar-refractivity contribution in [3.05, 3.63) is 29.3 Å². The Kier molecular flexibility index (Phi) is 9.72. The lowest BCUT2D eigenvalue weighted by atomic mass is 9.78. The quantitative estimate of drug-likeness (QED) is 0.192. The minimum Gasteiger partial charge on any atom is -0.399 e. The van der Waals surface area contributed by atoms with Crippen molar-refractivity contribution in [2.24, 2.45) is 17.8 Å². The molecule has 36 heavy (non-hydrogen) atoms. The average molecular weight is 535 g/mol. The molecule has 3 fully saturated rings. The van der Waals surface area contributed by atoms with Crippen LogP contribution in [0.15, 0.2) is 12.1 Å². The molecule has 2 heterocycles. The van der Waals surface area contributed by atoms with E-state index in [0.717, 1.165) is 38.2 Å². The molecule has 0 radical (unpaired) electrons. The molecule has 3 aliphatic rings. The summed E-state index contributed by atoms with van der Waals surface area (Å²) in [4.78, 5) is 0. The van der Waals surface area contributed by atoms with E-state index in [0.29, 0.717) is 30.2 Å². The summed E-state index contributed by atoms with van der Waals surface area (Å²) in [5, 5.41) is 0. The third-order valence-corrected chi connectivity index (χ3v) is 12.1. The first-order valence-corrected chi connectivity index (χ1v) is 16.2. The van der Waals surface area contributed by atoms with Gasteiger partial charge in [0.2, 0.25) is 5.75 Å². The van der Waals surface area contributed by atoms with Gasteiger partial charge in [-0.25, -0.2) is 8.78 Å². The van der Waals surface area contributed by atoms with Crippen LogP contribution in [0.5, 0.6) is 5.75 Å². The zero-order chi connectivity index (χ0) is 25.7. The van der Waals surface area contributed by atoms with E-state index in [4.69, 9.17) is 9.47 Å². The van der Waals surface area contributed by atoms with Gasteiger partial charge in [0, 0.05) is 20.6 Å². The Morgan fingerprint density at radius 1 is 0.861 bits per heavy atom. The molecule has 0 unspecified atom stereocenters. The SMILES string of the molecule is CCCCC[SiH]1CCC(C2COC(C3CCC(c4cc(F)c(OC(F)(F)F)c(F)c4)CC3)OC2)CC1. The van der Waals surface area contributed by atoms with E-state index in [1.807, 2.05) is 0 Å². The van der Waals surface area contributed by atoms with Gasteiger partial charge in [-0.05, 0) is 55.2 Å². The van der Waals surface area contributed by atoms with E-state index >= 15 is 0 Å². The van der Waals surface area contributed by atoms with E-state index in [9.17, 15) is 22.0 Å². The van der Waals surface area contributed by atoms with Crippen LogP contribution in [0.4, 0.5) is 22.0 Å². The monoisotopic (exact) mass is 534 g/mol. The number of unbranched alkanes of at least 4 members (excludes halogenated alkanes) is 2. The third-order valence-electron chi connectivity index (χ3n) is 8.59. The minimum atomic E-state index is -5.14. The summed E-state index contributed by atoms with van der Waals surface area (Å²) < 4.78 is 81.3. The molecule has 3 nitrogen and oxygen atoms in total. The lowest BCUT2D eigenvalue weighted by Gasteiger charge is -2.41. The highest BCUT2D eigenvalue weighted by molar-refractivity contribution is 6.58. The zero-order valence-electron chi connectivity index (χ0n) is 21.1. The van der Waals surface area contributed by atoms with Crippen LogP contribution < -0.4 is 4.74 Å². The first kappa shape index (κ1) is 27.8. The van der Waals surface area contributed by atoms with E-state index in [1.165, 1.54) is 50.2 Å². The van der Waals surface area contributed by atoms with Crippen molar-refractivity contribution >= 4 is 8.80 Å². The lowest BCUT2D eigenvalue weighted by Crippen LogP contribution is -2.41. The number of benzene rings is 1. The van der Waals surface area contributed by atoms with Gasteiger partial charge in [0.1, 0.15) is 0 Å². The summed E-state index contributed by atoms with van der Waals surface area (Å²) in [6, 6.07) is 6.36. The fraction of sp³-hybridized carbons (Fsp3) is 0.778. The first-order chi connectivity index (χ1) is 17.2. The number of rotatable bonds is 8. The van der Waals surface area contributed by atoms with Gasteiger partial charge in [0.05, 0.1) is 13.2 Å². The van der Waals surface area contributed by atoms with Gasteiger partial charge < -0.3 is 14.2 Å². The van der Waals surface area contributed by atoms with Crippen LogP contribution in [0, 0.1) is 29.4 Å². The first-order valence-electron chi connectivity index (χ1n) is 13.7. The Balaban J connectivity index is 1.20. The second-order valence-corrected chi connectivity index (χ2v) is 14.5. The maximum Gasteiger partial charge on any atom is 0.573 e. The van der Waals surface area contributed by atoms with Crippen molar-refractivity contribution in [2.45, 2.75) is 101 Å². The number of ether oxygens (including phenoxy) is 3. The molecule has 9 heteroatoms. The van der Waals surface area contributed by atoms with Gasteiger partial charge >= 0.3 is 6.36 Å². The molecule has 0 bridgehead atoms. The normalized spacial score (nSPS) is 31.8. The van der Waals surface area contributed by atoms with Crippen LogP contribution in [0.25, 0.3) is 0 Å². The van der Waals surface area contributed by atoms with Crippen molar-refractivity contribution < 1.29 is 36.2 Å². The Bertz CT molecular complexity index is 804. The van der Waals surface area contributed by atoms with Crippen molar-refractivity contribution in [3.63, 3.8) is 0 Å². The Hall–Kier alpha value is -1.19. The number of hydrogen-bond donors (Lipinski definition) is 0. The molecule has 1 aromatic carbocycles. The van der Waals surface area contributed by atoms with Crippen molar-refractivity contribution in [3.8, 4) is 5.75 Å². The second kappa shape index (κ2) is 12.6. The molecule has 1 saturated carbocycles. The summed E-state index contributed by atoms with van der Waals surface area (Å²) in [6.07, 6.45) is 4.31. The molecule has 2 saturated heterocycles. The van der Waals surface area contributed by atoms with Crippen LogP contribution in [0.1, 0.15) is 76.2 Å². The highest BCUT2D eigenvalue weighted by atomic mass is 28.3. The van der Waals surface area contributed by atoms with Gasteiger partial charge in [-0.15, -0.1) is 13.2 Å².